The van der Waals surface area contributed by atoms with Crippen molar-refractivity contribution in [2.24, 2.45) is 23.7 Å². The van der Waals surface area contributed by atoms with E-state index in [9.17, 15) is 38.4 Å². The molecular weight excluding hydrogens is 1420 g/mol. The van der Waals surface area contributed by atoms with Gasteiger partial charge in [-0.1, -0.05) is 156 Å². The molecule has 0 aliphatic carbocycles. The highest BCUT2D eigenvalue weighted by atomic mass is 16.6. The number of rotatable bonds is 28. The number of fused-ring (bicyclic) bond motifs is 8. The van der Waals surface area contributed by atoms with Crippen LogP contribution >= 0.6 is 0 Å². The molecule has 0 spiro atoms. The summed E-state index contributed by atoms with van der Waals surface area (Å²) in [6.45, 7) is 37.9. The number of hydrogen-bond donors (Lipinski definition) is 2. The third-order valence-electron chi connectivity index (χ3n) is 19.9. The minimum Gasteiger partial charge on any atom is -0.465 e. The molecule has 0 unspecified atom stereocenters. The van der Waals surface area contributed by atoms with E-state index in [1.165, 1.54) is 0 Å². The molecule has 112 heavy (non-hydrogen) atoms. The number of H-pyrrole nitrogens is 2. The lowest BCUT2D eigenvalue weighted by atomic mass is 9.78. The first kappa shape index (κ1) is 85.2. The van der Waals surface area contributed by atoms with Crippen LogP contribution in [0.2, 0.25) is 0 Å². The lowest BCUT2D eigenvalue weighted by molar-refractivity contribution is -0.163. The molecule has 0 atom stereocenters. The second kappa shape index (κ2) is 36.2. The monoisotopic (exact) mass is 1530 g/mol. The van der Waals surface area contributed by atoms with Gasteiger partial charge in [0.25, 0.3) is 0 Å². The third-order valence-corrected chi connectivity index (χ3v) is 19.9. The molecule has 9 rings (SSSR count). The van der Waals surface area contributed by atoms with Crippen LogP contribution in [0.4, 0.5) is 0 Å². The Morgan fingerprint density at radius 1 is 0.277 bits per heavy atom. The number of carbonyl (C=O) groups is 8. The molecule has 0 radical (unpaired) electrons. The maximum atomic E-state index is 14.5. The smallest absolute Gasteiger partial charge is 0.320 e. The first-order valence-electron chi connectivity index (χ1n) is 39.1. The molecule has 5 heterocycles. The van der Waals surface area contributed by atoms with Gasteiger partial charge in [0.15, 0.2) is 23.7 Å². The molecule has 20 nitrogen and oxygen atoms in total. The van der Waals surface area contributed by atoms with Gasteiger partial charge in [-0.25, -0.2) is 9.97 Å². The lowest BCUT2D eigenvalue weighted by Crippen LogP contribution is -2.31. The van der Waals surface area contributed by atoms with Crippen molar-refractivity contribution in [1.82, 2.24) is 19.9 Å². The number of carbonyl (C=O) groups excluding carboxylic acids is 8. The number of nitrogens with zero attached hydrogens (tertiary/aromatic N) is 2. The predicted octanol–water partition coefficient (Wildman–Crippen LogP) is 17.7. The molecule has 8 bridgehead atoms. The predicted molar refractivity (Wildman–Crippen MR) is 437 cm³/mol. The van der Waals surface area contributed by atoms with Gasteiger partial charge in [-0.2, -0.15) is 0 Å². The van der Waals surface area contributed by atoms with Crippen molar-refractivity contribution in [3.05, 3.63) is 164 Å². The van der Waals surface area contributed by atoms with Gasteiger partial charge in [-0.15, -0.1) is 0 Å². The Bertz CT molecular complexity index is 4420. The van der Waals surface area contributed by atoms with Crippen LogP contribution in [0.3, 0.4) is 0 Å². The SMILES string of the molecule is CCOC(=O)C(Cc1cc(C(C)(C)C)cc(CC(C(=O)OCC)C(=O)OCC)c1-c1c2nc(c(-c3ccc(C(C)(C)C)cc3)c3ccc([nH]3)c(-c3c(CC(C(=O)OCC)C(=O)OCC)cc(C(C)(C)C)cc3CC(C(=O)OCC)C(=O)OCC)c3nc(c(-c4ccc(C(C)(C)C)cc4)c4ccc1[nH]4)C=C3)C=C2)C(=O)OCC. The normalized spacial score (nSPS) is 12.4. The summed E-state index contributed by atoms with van der Waals surface area (Å²) in [7, 11) is 0. The molecule has 0 saturated heterocycles. The van der Waals surface area contributed by atoms with Crippen molar-refractivity contribution in [1.29, 1.82) is 0 Å². The number of hydrogen-bond acceptors (Lipinski definition) is 18. The quantitative estimate of drug-likeness (QED) is 0.0262. The van der Waals surface area contributed by atoms with Crippen LogP contribution in [0.25, 0.3) is 90.9 Å². The van der Waals surface area contributed by atoms with E-state index in [0.717, 1.165) is 33.4 Å². The van der Waals surface area contributed by atoms with Crippen molar-refractivity contribution < 1.29 is 76.3 Å². The molecule has 594 valence electrons. The summed E-state index contributed by atoms with van der Waals surface area (Å²) in [5.74, 6) is -12.5. The summed E-state index contributed by atoms with van der Waals surface area (Å²) < 4.78 is 45.5. The summed E-state index contributed by atoms with van der Waals surface area (Å²) in [4.78, 5) is 135. The summed E-state index contributed by atoms with van der Waals surface area (Å²) in [5, 5.41) is 0. The van der Waals surface area contributed by atoms with Crippen molar-refractivity contribution >= 4 is 94.1 Å². The van der Waals surface area contributed by atoms with Gasteiger partial charge in [0.1, 0.15) is 0 Å². The van der Waals surface area contributed by atoms with Crippen LogP contribution in [0, 0.1) is 23.7 Å². The minimum atomic E-state index is -1.49. The van der Waals surface area contributed by atoms with Gasteiger partial charge in [0.2, 0.25) is 0 Å². The Balaban J connectivity index is 1.60. The zero-order chi connectivity index (χ0) is 81.9. The van der Waals surface area contributed by atoms with Crippen LogP contribution in [0.1, 0.15) is 206 Å². The van der Waals surface area contributed by atoms with Gasteiger partial charge in [-0.05, 0) is 218 Å². The van der Waals surface area contributed by atoms with Gasteiger partial charge in [-0.3, -0.25) is 38.4 Å². The van der Waals surface area contributed by atoms with Crippen molar-refractivity contribution in [2.75, 3.05) is 52.9 Å². The van der Waals surface area contributed by atoms with Gasteiger partial charge < -0.3 is 47.9 Å². The topological polar surface area (TPSA) is 268 Å². The first-order valence-corrected chi connectivity index (χ1v) is 39.1. The Kier molecular flexibility index (Phi) is 27.5. The molecule has 2 aliphatic heterocycles. The number of ether oxygens (including phenoxy) is 8. The molecule has 0 fully saturated rings. The van der Waals surface area contributed by atoms with Crippen LogP contribution < -0.4 is 0 Å². The van der Waals surface area contributed by atoms with Crippen LogP contribution in [0.5, 0.6) is 0 Å². The molecule has 0 saturated carbocycles. The van der Waals surface area contributed by atoms with Crippen LogP contribution in [-0.4, -0.2) is 121 Å². The highest BCUT2D eigenvalue weighted by molar-refractivity contribution is 6.04. The Morgan fingerprint density at radius 2 is 0.473 bits per heavy atom. The second-order valence-corrected chi connectivity index (χ2v) is 32.0. The standard InChI is InChI=1S/C92H110N4O16/c1-21-105-81(97)63(82(98)106-22-2)49-55-45-61(91(15,16)17)46-56(50-64(83(99)107-23-3)84(100)108-24-4)75(55)79-71-41-37-67(93-71)77(53-29-33-59(34-30-53)89(9,10)11)69-39-43-73(95-69)80(74-44-40-70(96-74)78(68-38-42-72(79)94-68)54-31-35-60(36-32-54)90(12,13)14)76-57(51-65(85(101)109-25-5)86(102)110-26-6)47-62(92(18,19)20)48-58(76)52-66(87(103)111-27-7)88(104)112-28-8/h29-48,63-66,93,96H,21-28,49-52H2,1-20H3. The zero-order valence-electron chi connectivity index (χ0n) is 68.8. The van der Waals surface area contributed by atoms with E-state index < -0.39 is 82.3 Å². The van der Waals surface area contributed by atoms with Gasteiger partial charge in [0, 0.05) is 44.3 Å². The molecule has 2 aliphatic rings. The minimum absolute atomic E-state index is 0.0364. The number of aromatic amines is 2. The van der Waals surface area contributed by atoms with E-state index in [1.807, 2.05) is 139 Å². The fourth-order valence-electron chi connectivity index (χ4n) is 14.2. The summed E-state index contributed by atoms with van der Waals surface area (Å²) in [6.07, 6.45) is 6.55. The van der Waals surface area contributed by atoms with Crippen molar-refractivity contribution in [2.45, 2.75) is 186 Å². The van der Waals surface area contributed by atoms with Crippen LogP contribution in [0.15, 0.2) is 97.1 Å². The summed E-state index contributed by atoms with van der Waals surface area (Å²) >= 11 is 0. The molecule has 4 aromatic carbocycles. The largest absolute Gasteiger partial charge is 0.465 e. The van der Waals surface area contributed by atoms with E-state index in [2.05, 4.69) is 75.8 Å². The van der Waals surface area contributed by atoms with Gasteiger partial charge in [0.05, 0.1) is 75.6 Å². The number of aromatic nitrogens is 4. The molecule has 20 heteroatoms. The highest BCUT2D eigenvalue weighted by Crippen LogP contribution is 2.46. The first-order chi connectivity index (χ1) is 53.0. The molecule has 3 aromatic heterocycles. The van der Waals surface area contributed by atoms with Crippen LogP contribution in [-0.2, 0) is 124 Å². The maximum absolute atomic E-state index is 14.5. The average molecular weight is 1530 g/mol. The molecular formula is C92H110N4O16. The van der Waals surface area contributed by atoms with E-state index in [0.29, 0.717) is 100 Å². The lowest BCUT2D eigenvalue weighted by Gasteiger charge is -2.27. The average Bonchev–Trinajstić information content (AvgIpc) is 1.13. The maximum Gasteiger partial charge on any atom is 0.320 e. The fourth-order valence-corrected chi connectivity index (χ4v) is 14.2. The molecule has 2 N–H and O–H groups in total. The molecule has 0 amide bonds. The van der Waals surface area contributed by atoms with E-state index >= 15 is 0 Å². The zero-order valence-corrected chi connectivity index (χ0v) is 68.8. The number of benzene rings is 4. The van der Waals surface area contributed by atoms with Crippen molar-refractivity contribution in [3.8, 4) is 44.5 Å². The van der Waals surface area contributed by atoms with Crippen molar-refractivity contribution in [3.63, 3.8) is 0 Å². The summed E-state index contributed by atoms with van der Waals surface area (Å²) in [6, 6.07) is 32.0. The Hall–Kier alpha value is -10.8. The fraction of sp³-hybridized carbons (Fsp3) is 0.435. The third kappa shape index (κ3) is 19.6. The van der Waals surface area contributed by atoms with Gasteiger partial charge >= 0.3 is 47.8 Å². The highest BCUT2D eigenvalue weighted by Gasteiger charge is 2.39. The van der Waals surface area contributed by atoms with E-state index in [4.69, 9.17) is 47.9 Å². The summed E-state index contributed by atoms with van der Waals surface area (Å²) in [5.41, 5.74) is 12.1. The van der Waals surface area contributed by atoms with E-state index in [-0.39, 0.29) is 89.4 Å². The molecule has 7 aromatic rings. The Labute approximate surface area is 658 Å². The second-order valence-electron chi connectivity index (χ2n) is 32.0. The van der Waals surface area contributed by atoms with E-state index in [1.54, 1.807) is 55.4 Å². The Morgan fingerprint density at radius 3 is 0.670 bits per heavy atom. The number of esters is 8. The number of nitrogens with one attached hydrogen (secondary N) is 2.